The van der Waals surface area contributed by atoms with Gasteiger partial charge >= 0.3 is 5.97 Å². The Morgan fingerprint density at radius 1 is 1.25 bits per heavy atom. The highest BCUT2D eigenvalue weighted by Gasteiger charge is 2.07. The third kappa shape index (κ3) is 1.91. The van der Waals surface area contributed by atoms with Crippen LogP contribution < -0.4 is 0 Å². The summed E-state index contributed by atoms with van der Waals surface area (Å²) < 4.78 is 0. The largest absolute Gasteiger partial charge is 0.478 e. The molecular formula is C12H10N2O2. The van der Waals surface area contributed by atoms with Crippen LogP contribution in [0.3, 0.4) is 0 Å². The molecule has 80 valence electrons. The van der Waals surface area contributed by atoms with Crippen molar-refractivity contribution in [2.45, 2.75) is 6.92 Å². The van der Waals surface area contributed by atoms with E-state index in [1.165, 1.54) is 6.20 Å². The van der Waals surface area contributed by atoms with Gasteiger partial charge in [-0.1, -0.05) is 0 Å². The summed E-state index contributed by atoms with van der Waals surface area (Å²) in [5.74, 6) is -0.971. The zero-order valence-electron chi connectivity index (χ0n) is 8.71. The van der Waals surface area contributed by atoms with Gasteiger partial charge in [-0.15, -0.1) is 0 Å². The lowest BCUT2D eigenvalue weighted by Crippen LogP contribution is -1.97. The van der Waals surface area contributed by atoms with E-state index in [1.54, 1.807) is 24.7 Å². The third-order valence-electron chi connectivity index (χ3n) is 2.32. The quantitative estimate of drug-likeness (QED) is 0.831. The van der Waals surface area contributed by atoms with Crippen LogP contribution in [0.5, 0.6) is 0 Å². The van der Waals surface area contributed by atoms with Crippen molar-refractivity contribution in [3.8, 4) is 11.1 Å². The highest BCUT2D eigenvalue weighted by atomic mass is 16.4. The van der Waals surface area contributed by atoms with Gasteiger partial charge in [-0.2, -0.15) is 0 Å². The molecule has 0 bridgehead atoms. The van der Waals surface area contributed by atoms with Crippen LogP contribution in [0.4, 0.5) is 0 Å². The Morgan fingerprint density at radius 3 is 2.75 bits per heavy atom. The van der Waals surface area contributed by atoms with Crippen molar-refractivity contribution in [3.05, 3.63) is 48.0 Å². The maximum absolute atomic E-state index is 10.8. The van der Waals surface area contributed by atoms with Crippen molar-refractivity contribution in [1.82, 2.24) is 9.97 Å². The molecule has 0 aliphatic carbocycles. The molecule has 4 nitrogen and oxygen atoms in total. The van der Waals surface area contributed by atoms with E-state index in [2.05, 4.69) is 9.97 Å². The molecule has 0 saturated carbocycles. The Labute approximate surface area is 92.6 Å². The number of carboxylic acids is 1. The number of hydrogen-bond donors (Lipinski definition) is 1. The number of aryl methyl sites for hydroxylation is 1. The average molecular weight is 214 g/mol. The number of hydrogen-bond acceptors (Lipinski definition) is 3. The number of nitrogens with zero attached hydrogens (tertiary/aromatic N) is 2. The summed E-state index contributed by atoms with van der Waals surface area (Å²) in [6, 6.07) is 3.45. The van der Waals surface area contributed by atoms with Crippen molar-refractivity contribution < 1.29 is 9.90 Å². The monoisotopic (exact) mass is 214 g/mol. The van der Waals surface area contributed by atoms with Crippen LogP contribution in [0.15, 0.2) is 36.9 Å². The van der Waals surface area contributed by atoms with Crippen LogP contribution in [-0.4, -0.2) is 21.0 Å². The second-order valence-corrected chi connectivity index (χ2v) is 3.46. The number of aromatic nitrogens is 2. The van der Waals surface area contributed by atoms with Crippen molar-refractivity contribution >= 4 is 5.97 Å². The van der Waals surface area contributed by atoms with Gasteiger partial charge in [0.2, 0.25) is 0 Å². The van der Waals surface area contributed by atoms with Crippen molar-refractivity contribution in [2.24, 2.45) is 0 Å². The Balaban J connectivity index is 2.53. The maximum Gasteiger partial charge on any atom is 0.337 e. The van der Waals surface area contributed by atoms with Crippen LogP contribution in [-0.2, 0) is 0 Å². The average Bonchev–Trinajstić information content (AvgIpc) is 2.30. The van der Waals surface area contributed by atoms with Crippen LogP contribution in [0.1, 0.15) is 15.9 Å². The topological polar surface area (TPSA) is 63.1 Å². The summed E-state index contributed by atoms with van der Waals surface area (Å²) in [7, 11) is 0. The molecule has 2 aromatic heterocycles. The first-order valence-electron chi connectivity index (χ1n) is 4.78. The predicted molar refractivity (Wildman–Crippen MR) is 59.2 cm³/mol. The molecule has 2 rings (SSSR count). The fourth-order valence-corrected chi connectivity index (χ4v) is 1.50. The van der Waals surface area contributed by atoms with Gasteiger partial charge in [0.1, 0.15) is 0 Å². The minimum absolute atomic E-state index is 0.189. The van der Waals surface area contributed by atoms with Crippen LogP contribution in [0.2, 0.25) is 0 Å². The second kappa shape index (κ2) is 4.10. The molecular weight excluding hydrogens is 204 g/mol. The van der Waals surface area contributed by atoms with Gasteiger partial charge in [0.25, 0.3) is 0 Å². The maximum atomic E-state index is 10.8. The van der Waals surface area contributed by atoms with E-state index in [9.17, 15) is 4.79 Å². The van der Waals surface area contributed by atoms with Gasteiger partial charge in [0, 0.05) is 30.4 Å². The summed E-state index contributed by atoms with van der Waals surface area (Å²) >= 11 is 0. The molecule has 0 aliphatic rings. The highest BCUT2D eigenvalue weighted by Crippen LogP contribution is 2.22. The smallest absolute Gasteiger partial charge is 0.337 e. The molecule has 1 N–H and O–H groups in total. The molecule has 0 atom stereocenters. The Bertz CT molecular complexity index is 538. The lowest BCUT2D eigenvalue weighted by Gasteiger charge is -2.05. The van der Waals surface area contributed by atoms with Crippen molar-refractivity contribution in [2.75, 3.05) is 0 Å². The lowest BCUT2D eigenvalue weighted by atomic mass is 10.0. The van der Waals surface area contributed by atoms with E-state index in [-0.39, 0.29) is 5.56 Å². The molecule has 16 heavy (non-hydrogen) atoms. The first kappa shape index (κ1) is 10.3. The molecule has 0 amide bonds. The molecule has 0 radical (unpaired) electrons. The van der Waals surface area contributed by atoms with Gasteiger partial charge in [-0.05, 0) is 30.2 Å². The second-order valence-electron chi connectivity index (χ2n) is 3.46. The number of carboxylic acid groups (broad SMARTS) is 1. The first-order valence-corrected chi connectivity index (χ1v) is 4.78. The van der Waals surface area contributed by atoms with Gasteiger partial charge < -0.3 is 5.11 Å². The Hall–Kier alpha value is -2.23. The zero-order valence-corrected chi connectivity index (χ0v) is 8.71. The Morgan fingerprint density at radius 2 is 2.06 bits per heavy atom. The molecule has 0 aliphatic heterocycles. The van der Waals surface area contributed by atoms with E-state index < -0.39 is 5.97 Å². The van der Waals surface area contributed by atoms with Gasteiger partial charge in [0.05, 0.1) is 5.56 Å². The summed E-state index contributed by atoms with van der Waals surface area (Å²) in [5, 5.41) is 8.87. The van der Waals surface area contributed by atoms with Gasteiger partial charge in [-0.3, -0.25) is 9.97 Å². The SMILES string of the molecule is Cc1cnccc1-c1cncc(C(=O)O)c1. The van der Waals surface area contributed by atoms with Gasteiger partial charge in [0.15, 0.2) is 0 Å². The van der Waals surface area contributed by atoms with Crippen LogP contribution >= 0.6 is 0 Å². The van der Waals surface area contributed by atoms with Gasteiger partial charge in [-0.25, -0.2) is 4.79 Å². The van der Waals surface area contributed by atoms with Crippen LogP contribution in [0, 0.1) is 6.92 Å². The summed E-state index contributed by atoms with van der Waals surface area (Å²) in [4.78, 5) is 18.7. The summed E-state index contributed by atoms with van der Waals surface area (Å²) in [5.41, 5.74) is 2.92. The molecule has 2 aromatic rings. The molecule has 0 aromatic carbocycles. The van der Waals surface area contributed by atoms with Crippen molar-refractivity contribution in [3.63, 3.8) is 0 Å². The fraction of sp³-hybridized carbons (Fsp3) is 0.0833. The van der Waals surface area contributed by atoms with Crippen LogP contribution in [0.25, 0.3) is 11.1 Å². The zero-order chi connectivity index (χ0) is 11.5. The Kier molecular flexibility index (Phi) is 2.64. The van der Waals surface area contributed by atoms with E-state index >= 15 is 0 Å². The molecule has 0 fully saturated rings. The minimum Gasteiger partial charge on any atom is -0.478 e. The first-order chi connectivity index (χ1) is 7.68. The molecule has 0 unspecified atom stereocenters. The highest BCUT2D eigenvalue weighted by molar-refractivity contribution is 5.89. The fourth-order valence-electron chi connectivity index (χ4n) is 1.50. The normalized spacial score (nSPS) is 10.1. The molecule has 2 heterocycles. The molecule has 0 saturated heterocycles. The van der Waals surface area contributed by atoms with E-state index in [0.717, 1.165) is 16.7 Å². The number of rotatable bonds is 2. The third-order valence-corrected chi connectivity index (χ3v) is 2.32. The number of pyridine rings is 2. The van der Waals surface area contributed by atoms with Crippen molar-refractivity contribution in [1.29, 1.82) is 0 Å². The summed E-state index contributed by atoms with van der Waals surface area (Å²) in [6.45, 7) is 1.93. The van der Waals surface area contributed by atoms with E-state index in [0.29, 0.717) is 0 Å². The standard InChI is InChI=1S/C12H10N2O2/c1-8-5-13-3-2-11(8)9-4-10(12(15)16)7-14-6-9/h2-7H,1H3,(H,15,16). The molecule has 0 spiro atoms. The minimum atomic E-state index is -0.971. The lowest BCUT2D eigenvalue weighted by molar-refractivity contribution is 0.0696. The van der Waals surface area contributed by atoms with E-state index in [1.807, 2.05) is 13.0 Å². The number of carbonyl (C=O) groups is 1. The molecule has 4 heteroatoms. The summed E-state index contributed by atoms with van der Waals surface area (Å²) in [6.07, 6.45) is 6.40. The number of aromatic carboxylic acids is 1. The predicted octanol–water partition coefficient (Wildman–Crippen LogP) is 2.15. The van der Waals surface area contributed by atoms with E-state index in [4.69, 9.17) is 5.11 Å².